The van der Waals surface area contributed by atoms with Gasteiger partial charge in [0.15, 0.2) is 5.11 Å². The highest BCUT2D eigenvalue weighted by Gasteiger charge is 2.06. The Kier molecular flexibility index (Phi) is 6.86. The fourth-order valence-electron chi connectivity index (χ4n) is 2.30. The van der Waals surface area contributed by atoms with Gasteiger partial charge in [-0.3, -0.25) is 4.79 Å². The first kappa shape index (κ1) is 20.1. The van der Waals surface area contributed by atoms with E-state index < -0.39 is 0 Å². The van der Waals surface area contributed by atoms with E-state index >= 15 is 0 Å². The number of thiocarbonyl (C=S) groups is 1. The minimum Gasteiger partial charge on any atom is -0.355 e. The van der Waals surface area contributed by atoms with Gasteiger partial charge in [0, 0.05) is 34.5 Å². The van der Waals surface area contributed by atoms with Crippen LogP contribution in [0.5, 0.6) is 0 Å². The molecule has 8 heteroatoms. The van der Waals surface area contributed by atoms with E-state index in [1.165, 1.54) is 11.8 Å². The lowest BCUT2D eigenvalue weighted by Crippen LogP contribution is -2.18. The Balaban J connectivity index is 1.62. The molecule has 0 aliphatic carbocycles. The largest absolute Gasteiger partial charge is 0.355 e. The predicted molar refractivity (Wildman–Crippen MR) is 119 cm³/mol. The van der Waals surface area contributed by atoms with Crippen molar-refractivity contribution >= 4 is 58.0 Å². The van der Waals surface area contributed by atoms with E-state index in [1.807, 2.05) is 42.5 Å². The van der Waals surface area contributed by atoms with Crippen molar-refractivity contribution in [2.24, 2.45) is 0 Å². The van der Waals surface area contributed by atoms with E-state index in [4.69, 9.17) is 23.8 Å². The second kappa shape index (κ2) is 9.54. The van der Waals surface area contributed by atoms with Gasteiger partial charge in [-0.15, -0.1) is 0 Å². The molecular formula is C20H17ClN4OS2. The Morgan fingerprint density at radius 2 is 1.79 bits per heavy atom. The highest BCUT2D eigenvalue weighted by Crippen LogP contribution is 2.28. The van der Waals surface area contributed by atoms with Crippen LogP contribution in [-0.4, -0.2) is 23.1 Å². The number of pyridine rings is 1. The number of benzene rings is 2. The summed E-state index contributed by atoms with van der Waals surface area (Å²) in [7, 11) is 1.59. The minimum absolute atomic E-state index is 0.156. The third-order valence-electron chi connectivity index (χ3n) is 3.64. The zero-order valence-corrected chi connectivity index (χ0v) is 17.3. The van der Waals surface area contributed by atoms with Gasteiger partial charge < -0.3 is 16.0 Å². The van der Waals surface area contributed by atoms with Gasteiger partial charge >= 0.3 is 0 Å². The molecule has 1 aromatic heterocycles. The maximum atomic E-state index is 11.6. The van der Waals surface area contributed by atoms with Gasteiger partial charge in [-0.05, 0) is 66.8 Å². The predicted octanol–water partition coefficient (Wildman–Crippen LogP) is 5.05. The Labute approximate surface area is 177 Å². The van der Waals surface area contributed by atoms with Crippen LogP contribution >= 0.6 is 35.6 Å². The third-order valence-corrected chi connectivity index (χ3v) is 5.04. The fourth-order valence-corrected chi connectivity index (χ4v) is 3.48. The number of nitrogens with one attached hydrogen (secondary N) is 3. The number of carbonyl (C=O) groups excluding carboxylic acids is 1. The smallest absolute Gasteiger partial charge is 0.252 e. The van der Waals surface area contributed by atoms with Crippen LogP contribution in [0.3, 0.4) is 0 Å². The van der Waals surface area contributed by atoms with Gasteiger partial charge in [0.1, 0.15) is 5.03 Å². The van der Waals surface area contributed by atoms with Crippen molar-refractivity contribution in [2.45, 2.75) is 9.92 Å². The van der Waals surface area contributed by atoms with Crippen molar-refractivity contribution in [2.75, 3.05) is 17.7 Å². The van der Waals surface area contributed by atoms with Gasteiger partial charge in [-0.25, -0.2) is 4.98 Å². The quantitative estimate of drug-likeness (QED) is 0.494. The van der Waals surface area contributed by atoms with Crippen molar-refractivity contribution in [1.29, 1.82) is 0 Å². The summed E-state index contributed by atoms with van der Waals surface area (Å²) in [4.78, 5) is 16.9. The lowest BCUT2D eigenvalue weighted by Gasteiger charge is -2.11. The topological polar surface area (TPSA) is 66.1 Å². The van der Waals surface area contributed by atoms with Crippen molar-refractivity contribution in [3.05, 3.63) is 77.4 Å². The minimum atomic E-state index is -0.156. The summed E-state index contributed by atoms with van der Waals surface area (Å²) < 4.78 is 0. The molecule has 0 unspecified atom stereocenters. The molecule has 3 N–H and O–H groups in total. The van der Waals surface area contributed by atoms with Crippen LogP contribution in [0.15, 0.2) is 76.8 Å². The van der Waals surface area contributed by atoms with Gasteiger partial charge in [0.05, 0.1) is 5.56 Å². The van der Waals surface area contributed by atoms with E-state index in [2.05, 4.69) is 20.9 Å². The normalized spacial score (nSPS) is 10.2. The summed E-state index contributed by atoms with van der Waals surface area (Å²) in [5.41, 5.74) is 2.24. The number of aromatic nitrogens is 1. The summed E-state index contributed by atoms with van der Waals surface area (Å²) >= 11 is 12.8. The molecule has 0 atom stereocenters. The average molecular weight is 429 g/mol. The zero-order chi connectivity index (χ0) is 19.9. The first-order chi connectivity index (χ1) is 13.5. The number of hydrogen-bond acceptors (Lipinski definition) is 4. The van der Waals surface area contributed by atoms with E-state index in [1.54, 1.807) is 31.4 Å². The van der Waals surface area contributed by atoms with Gasteiger partial charge in [0.25, 0.3) is 5.91 Å². The van der Waals surface area contributed by atoms with Crippen LogP contribution in [0.4, 0.5) is 11.4 Å². The summed E-state index contributed by atoms with van der Waals surface area (Å²) in [6, 6.07) is 18.7. The number of amides is 1. The molecule has 5 nitrogen and oxygen atoms in total. The van der Waals surface area contributed by atoms with Crippen molar-refractivity contribution in [3.8, 4) is 0 Å². The maximum Gasteiger partial charge on any atom is 0.252 e. The number of nitrogens with zero attached hydrogens (tertiary/aromatic N) is 1. The molecule has 3 aromatic rings. The summed E-state index contributed by atoms with van der Waals surface area (Å²) in [5, 5.41) is 10.8. The number of carbonyl (C=O) groups is 1. The second-order valence-electron chi connectivity index (χ2n) is 5.68. The highest BCUT2D eigenvalue weighted by atomic mass is 35.5. The molecule has 142 valence electrons. The third kappa shape index (κ3) is 5.69. The number of halogens is 1. The lowest BCUT2D eigenvalue weighted by molar-refractivity contribution is 0.0962. The Bertz CT molecular complexity index is 978. The standard InChI is InChI=1S/C20H17ClN4OS2/c1-22-19(26)13-5-10-18(23-12-13)28-17-4-2-3-16(11-17)25-20(27)24-15-8-6-14(21)7-9-15/h2-12H,1H3,(H,22,26)(H2,24,25,27). The molecule has 0 fully saturated rings. The molecule has 0 aliphatic heterocycles. The molecule has 28 heavy (non-hydrogen) atoms. The Hall–Kier alpha value is -2.61. The van der Waals surface area contributed by atoms with E-state index in [0.717, 1.165) is 21.3 Å². The number of anilines is 2. The molecule has 0 saturated carbocycles. The van der Waals surface area contributed by atoms with Gasteiger partial charge in [-0.2, -0.15) is 0 Å². The van der Waals surface area contributed by atoms with Crippen LogP contribution in [0.1, 0.15) is 10.4 Å². The van der Waals surface area contributed by atoms with Crippen LogP contribution in [-0.2, 0) is 0 Å². The number of hydrogen-bond donors (Lipinski definition) is 3. The summed E-state index contributed by atoms with van der Waals surface area (Å²) in [5.74, 6) is -0.156. The summed E-state index contributed by atoms with van der Waals surface area (Å²) in [6.45, 7) is 0. The maximum absolute atomic E-state index is 11.6. The van der Waals surface area contributed by atoms with Crippen LogP contribution < -0.4 is 16.0 Å². The molecule has 3 rings (SSSR count). The van der Waals surface area contributed by atoms with Crippen molar-refractivity contribution in [1.82, 2.24) is 10.3 Å². The highest BCUT2D eigenvalue weighted by molar-refractivity contribution is 7.99. The molecule has 0 saturated heterocycles. The lowest BCUT2D eigenvalue weighted by atomic mass is 10.3. The SMILES string of the molecule is CNC(=O)c1ccc(Sc2cccc(NC(=S)Nc3ccc(Cl)cc3)c2)nc1. The fraction of sp³-hybridized carbons (Fsp3) is 0.0500. The summed E-state index contributed by atoms with van der Waals surface area (Å²) in [6.07, 6.45) is 1.56. The first-order valence-electron chi connectivity index (χ1n) is 8.33. The van der Waals surface area contributed by atoms with Gasteiger partial charge in [-0.1, -0.05) is 29.4 Å². The van der Waals surface area contributed by atoms with E-state index in [0.29, 0.717) is 15.7 Å². The Morgan fingerprint density at radius 1 is 1.04 bits per heavy atom. The number of rotatable bonds is 5. The Morgan fingerprint density at radius 3 is 2.46 bits per heavy atom. The first-order valence-corrected chi connectivity index (χ1v) is 9.93. The van der Waals surface area contributed by atoms with Crippen molar-refractivity contribution < 1.29 is 4.79 Å². The van der Waals surface area contributed by atoms with Gasteiger partial charge in [0.2, 0.25) is 0 Å². The molecule has 0 radical (unpaired) electrons. The molecule has 0 bridgehead atoms. The van der Waals surface area contributed by atoms with E-state index in [9.17, 15) is 4.79 Å². The zero-order valence-electron chi connectivity index (χ0n) is 14.9. The molecule has 1 heterocycles. The van der Waals surface area contributed by atoms with Crippen molar-refractivity contribution in [3.63, 3.8) is 0 Å². The monoisotopic (exact) mass is 428 g/mol. The van der Waals surface area contributed by atoms with E-state index in [-0.39, 0.29) is 5.91 Å². The molecule has 0 spiro atoms. The van der Waals surface area contributed by atoms with Crippen LogP contribution in [0.2, 0.25) is 5.02 Å². The second-order valence-corrected chi connectivity index (χ2v) is 7.62. The van der Waals surface area contributed by atoms with Crippen LogP contribution in [0, 0.1) is 0 Å². The molecular weight excluding hydrogens is 412 g/mol. The molecule has 0 aliphatic rings. The average Bonchev–Trinajstić information content (AvgIpc) is 2.70. The molecule has 2 aromatic carbocycles. The van der Waals surface area contributed by atoms with Crippen LogP contribution in [0.25, 0.3) is 0 Å². The molecule has 1 amide bonds.